The molecule has 0 saturated heterocycles. The lowest BCUT2D eigenvalue weighted by Gasteiger charge is -2.48. The van der Waals surface area contributed by atoms with E-state index in [1.54, 1.807) is 0 Å². The Morgan fingerprint density at radius 2 is 2.00 bits per heavy atom. The summed E-state index contributed by atoms with van der Waals surface area (Å²) in [6.45, 7) is 6.08. The lowest BCUT2D eigenvalue weighted by atomic mass is 9.57. The number of carbonyl (C=O) groups excluding carboxylic acids is 1. The molecule has 0 radical (unpaired) electrons. The summed E-state index contributed by atoms with van der Waals surface area (Å²) in [4.78, 5) is 12.2. The predicted molar refractivity (Wildman–Crippen MR) is 69.2 cm³/mol. The van der Waals surface area contributed by atoms with E-state index < -0.39 is 12.2 Å². The molecule has 0 aromatic carbocycles. The van der Waals surface area contributed by atoms with Crippen molar-refractivity contribution in [2.24, 2.45) is 28.6 Å². The molecule has 3 aliphatic carbocycles. The molecule has 2 saturated carbocycles. The predicted octanol–water partition coefficient (Wildman–Crippen LogP) is 0.508. The molecule has 2 fully saturated rings. The van der Waals surface area contributed by atoms with Gasteiger partial charge in [-0.15, -0.1) is 0 Å². The summed E-state index contributed by atoms with van der Waals surface area (Å²) in [7, 11) is 0. The monoisotopic (exact) mass is 266 g/mol. The van der Waals surface area contributed by atoms with E-state index in [9.17, 15) is 20.1 Å². The van der Waals surface area contributed by atoms with Crippen LogP contribution in [0.2, 0.25) is 0 Å². The zero-order valence-electron chi connectivity index (χ0n) is 11.6. The Balaban J connectivity index is 2.10. The van der Waals surface area contributed by atoms with Crippen molar-refractivity contribution >= 4 is 5.78 Å². The highest BCUT2D eigenvalue weighted by Gasteiger charge is 2.74. The largest absolute Gasteiger partial charge is 0.396 e. The Bertz CT molecular complexity index is 471. The second kappa shape index (κ2) is 3.68. The fourth-order valence-electron chi connectivity index (χ4n) is 4.80. The smallest absolute Gasteiger partial charge is 0.159 e. The van der Waals surface area contributed by atoms with Gasteiger partial charge in [0, 0.05) is 17.9 Å². The van der Waals surface area contributed by atoms with Gasteiger partial charge >= 0.3 is 0 Å². The summed E-state index contributed by atoms with van der Waals surface area (Å²) >= 11 is 0. The first kappa shape index (κ1) is 13.3. The van der Waals surface area contributed by atoms with Gasteiger partial charge in [-0.1, -0.05) is 20.8 Å². The minimum atomic E-state index is -0.949. The molecule has 0 amide bonds. The third-order valence-electron chi connectivity index (χ3n) is 6.16. The van der Waals surface area contributed by atoms with Gasteiger partial charge in [-0.2, -0.15) is 0 Å². The number of hydrogen-bond acceptors (Lipinski definition) is 4. The van der Waals surface area contributed by atoms with Crippen LogP contribution < -0.4 is 0 Å². The van der Waals surface area contributed by atoms with Crippen molar-refractivity contribution in [1.82, 2.24) is 0 Å². The number of fused-ring (bicyclic) bond motifs is 3. The highest BCUT2D eigenvalue weighted by Crippen LogP contribution is 2.73. The molecule has 0 bridgehead atoms. The average Bonchev–Trinajstić information content (AvgIpc) is 3.00. The second-order valence-electron chi connectivity index (χ2n) is 7.05. The first-order valence-electron chi connectivity index (χ1n) is 7.01. The normalized spacial score (nSPS) is 56.2. The van der Waals surface area contributed by atoms with Crippen LogP contribution in [-0.2, 0) is 4.79 Å². The van der Waals surface area contributed by atoms with E-state index in [1.807, 2.05) is 6.92 Å². The average molecular weight is 266 g/mol. The van der Waals surface area contributed by atoms with E-state index in [-0.39, 0.29) is 41.0 Å². The van der Waals surface area contributed by atoms with E-state index >= 15 is 0 Å². The van der Waals surface area contributed by atoms with Crippen LogP contribution in [0, 0.1) is 28.6 Å². The fourth-order valence-corrected chi connectivity index (χ4v) is 4.80. The van der Waals surface area contributed by atoms with E-state index in [2.05, 4.69) is 13.8 Å². The van der Waals surface area contributed by atoms with Crippen molar-refractivity contribution in [3.05, 3.63) is 11.6 Å². The summed E-state index contributed by atoms with van der Waals surface area (Å²) in [5, 5.41) is 29.8. The van der Waals surface area contributed by atoms with Crippen LogP contribution in [0.4, 0.5) is 0 Å². The molecule has 3 N–H and O–H groups in total. The fraction of sp³-hybridized carbons (Fsp3) is 0.800. The molecule has 0 aliphatic heterocycles. The van der Waals surface area contributed by atoms with Gasteiger partial charge in [0.25, 0.3) is 0 Å². The summed E-state index contributed by atoms with van der Waals surface area (Å²) in [5.41, 5.74) is -0.00289. The number of hydrogen-bond donors (Lipinski definition) is 3. The Morgan fingerprint density at radius 1 is 1.37 bits per heavy atom. The van der Waals surface area contributed by atoms with Crippen molar-refractivity contribution < 1.29 is 20.1 Å². The Morgan fingerprint density at radius 3 is 2.58 bits per heavy atom. The van der Waals surface area contributed by atoms with E-state index in [0.717, 1.165) is 0 Å². The number of allylic oxidation sites excluding steroid dienone is 1. The van der Waals surface area contributed by atoms with Gasteiger partial charge in [0.2, 0.25) is 0 Å². The summed E-state index contributed by atoms with van der Waals surface area (Å²) in [6, 6.07) is 0. The Labute approximate surface area is 113 Å². The molecule has 0 unspecified atom stereocenters. The standard InChI is InChI=1S/C15H22O4/c1-7-4-10(18)12(19)8-5-9(17)11-13(15(7,8)3)14(11,2)6-16/h5,7,10-13,16,18-19H,4,6H2,1-3H3/t7-,10+,11-,12+,13+,14-,15+/m0/s1. The summed E-state index contributed by atoms with van der Waals surface area (Å²) < 4.78 is 0. The quantitative estimate of drug-likeness (QED) is 0.646. The van der Waals surface area contributed by atoms with E-state index in [1.165, 1.54) is 6.08 Å². The lowest BCUT2D eigenvalue weighted by molar-refractivity contribution is -0.118. The summed E-state index contributed by atoms with van der Waals surface area (Å²) in [6.07, 6.45) is 0.326. The third kappa shape index (κ3) is 1.37. The molecule has 106 valence electrons. The number of ketones is 1. The van der Waals surface area contributed by atoms with Gasteiger partial charge in [0.15, 0.2) is 5.78 Å². The molecular formula is C15H22O4. The Kier molecular flexibility index (Phi) is 2.58. The molecule has 0 aromatic rings. The van der Waals surface area contributed by atoms with Gasteiger partial charge in [-0.25, -0.2) is 0 Å². The van der Waals surface area contributed by atoms with Crippen LogP contribution in [0.3, 0.4) is 0 Å². The highest BCUT2D eigenvalue weighted by molar-refractivity contribution is 5.98. The van der Waals surface area contributed by atoms with Crippen molar-refractivity contribution in [2.75, 3.05) is 6.61 Å². The molecule has 0 heterocycles. The number of carbonyl (C=O) groups is 1. The number of aliphatic hydroxyl groups excluding tert-OH is 3. The molecule has 3 rings (SSSR count). The minimum Gasteiger partial charge on any atom is -0.396 e. The number of rotatable bonds is 1. The molecule has 0 aromatic heterocycles. The van der Waals surface area contributed by atoms with Gasteiger partial charge in [0.05, 0.1) is 6.10 Å². The molecule has 7 atom stereocenters. The van der Waals surface area contributed by atoms with Crippen molar-refractivity contribution in [2.45, 2.75) is 39.4 Å². The van der Waals surface area contributed by atoms with Gasteiger partial charge in [0.1, 0.15) is 6.10 Å². The van der Waals surface area contributed by atoms with Crippen LogP contribution in [0.15, 0.2) is 11.6 Å². The first-order chi connectivity index (χ1) is 8.78. The zero-order valence-corrected chi connectivity index (χ0v) is 11.6. The SMILES string of the molecule is C[C@H]1C[C@@H](O)[C@H](O)C2=CC(=O)[C@H]3[C@H]([C@@]3(C)CO)[C@@]21C. The minimum absolute atomic E-state index is 0.00382. The van der Waals surface area contributed by atoms with Gasteiger partial charge in [-0.3, -0.25) is 4.79 Å². The first-order valence-corrected chi connectivity index (χ1v) is 7.01. The van der Waals surface area contributed by atoms with Crippen LogP contribution >= 0.6 is 0 Å². The molecule has 4 heteroatoms. The molecule has 3 aliphatic rings. The summed E-state index contributed by atoms with van der Waals surface area (Å²) in [5.74, 6) is 0.131. The number of aliphatic hydroxyl groups is 3. The maximum Gasteiger partial charge on any atom is 0.159 e. The maximum atomic E-state index is 12.2. The zero-order chi connectivity index (χ0) is 14.2. The molecule has 0 spiro atoms. The van der Waals surface area contributed by atoms with Crippen LogP contribution in [0.5, 0.6) is 0 Å². The van der Waals surface area contributed by atoms with Crippen molar-refractivity contribution in [3.8, 4) is 0 Å². The van der Waals surface area contributed by atoms with Crippen LogP contribution in [0.25, 0.3) is 0 Å². The van der Waals surface area contributed by atoms with Gasteiger partial charge in [-0.05, 0) is 35.3 Å². The highest BCUT2D eigenvalue weighted by atomic mass is 16.3. The van der Waals surface area contributed by atoms with E-state index in [0.29, 0.717) is 12.0 Å². The van der Waals surface area contributed by atoms with Crippen LogP contribution in [0.1, 0.15) is 27.2 Å². The molecule has 4 nitrogen and oxygen atoms in total. The second-order valence-corrected chi connectivity index (χ2v) is 7.05. The van der Waals surface area contributed by atoms with Crippen LogP contribution in [-0.4, -0.2) is 39.9 Å². The van der Waals surface area contributed by atoms with E-state index in [4.69, 9.17) is 0 Å². The maximum absolute atomic E-state index is 12.2. The Hall–Kier alpha value is -0.710. The topological polar surface area (TPSA) is 77.8 Å². The third-order valence-corrected chi connectivity index (χ3v) is 6.16. The van der Waals surface area contributed by atoms with Crippen molar-refractivity contribution in [3.63, 3.8) is 0 Å². The molecular weight excluding hydrogens is 244 g/mol. The lowest BCUT2D eigenvalue weighted by Crippen LogP contribution is -2.49. The van der Waals surface area contributed by atoms with Gasteiger partial charge < -0.3 is 15.3 Å². The molecule has 19 heavy (non-hydrogen) atoms. The van der Waals surface area contributed by atoms with Crippen molar-refractivity contribution in [1.29, 1.82) is 0 Å².